The first kappa shape index (κ1) is 24.4. The number of hydrogen-bond donors (Lipinski definition) is 0. The first-order valence-corrected chi connectivity index (χ1v) is 11.7. The molecule has 0 radical (unpaired) electrons. The number of hydrogen-bond acceptors (Lipinski definition) is 4. The van der Waals surface area contributed by atoms with Crippen molar-refractivity contribution in [2.24, 2.45) is 0 Å². The molecule has 8 heteroatoms. The number of rotatable bonds is 5. The van der Waals surface area contributed by atoms with Crippen molar-refractivity contribution in [3.05, 3.63) is 89.5 Å². The number of benzene rings is 3. The van der Waals surface area contributed by atoms with Gasteiger partial charge in [-0.3, -0.25) is 4.40 Å². The van der Waals surface area contributed by atoms with Crippen LogP contribution in [0.2, 0.25) is 0 Å². The van der Waals surface area contributed by atoms with E-state index in [1.54, 1.807) is 30.6 Å². The normalized spacial score (nSPS) is 11.7. The summed E-state index contributed by atoms with van der Waals surface area (Å²) in [4.78, 5) is 17.9. The lowest BCUT2D eigenvalue weighted by molar-refractivity contribution is -0.137. The van der Waals surface area contributed by atoms with Crippen molar-refractivity contribution >= 4 is 22.5 Å². The van der Waals surface area contributed by atoms with E-state index in [9.17, 15) is 18.0 Å². The fourth-order valence-corrected chi connectivity index (χ4v) is 4.39. The number of esters is 1. The van der Waals surface area contributed by atoms with E-state index < -0.39 is 17.7 Å². The molecule has 0 amide bonds. The van der Waals surface area contributed by atoms with Gasteiger partial charge in [0.2, 0.25) is 0 Å². The molecule has 37 heavy (non-hydrogen) atoms. The van der Waals surface area contributed by atoms with Gasteiger partial charge in [0.05, 0.1) is 36.2 Å². The Hall–Kier alpha value is -4.33. The second-order valence-electron chi connectivity index (χ2n) is 8.61. The van der Waals surface area contributed by atoms with Crippen LogP contribution in [0.4, 0.5) is 13.2 Å². The summed E-state index contributed by atoms with van der Waals surface area (Å²) >= 11 is 0. The Labute approximate surface area is 211 Å². The van der Waals surface area contributed by atoms with Gasteiger partial charge >= 0.3 is 12.1 Å². The van der Waals surface area contributed by atoms with Gasteiger partial charge in [-0.2, -0.15) is 13.2 Å². The molecule has 0 aliphatic heterocycles. The van der Waals surface area contributed by atoms with E-state index in [1.165, 1.54) is 6.07 Å². The summed E-state index contributed by atoms with van der Waals surface area (Å²) in [5, 5.41) is 0.333. The highest BCUT2D eigenvalue weighted by atomic mass is 19.4. The number of ether oxygens (including phenoxy) is 2. The molecule has 2 aromatic heterocycles. The summed E-state index contributed by atoms with van der Waals surface area (Å²) in [7, 11) is 1.57. The van der Waals surface area contributed by atoms with Crippen LogP contribution in [0.25, 0.3) is 39.1 Å². The van der Waals surface area contributed by atoms with Crippen LogP contribution in [0.15, 0.2) is 72.8 Å². The molecule has 0 aliphatic rings. The van der Waals surface area contributed by atoms with Gasteiger partial charge in [-0.1, -0.05) is 35.9 Å². The molecule has 188 valence electrons. The third-order valence-corrected chi connectivity index (χ3v) is 6.22. The number of aromatic nitrogens is 2. The predicted octanol–water partition coefficient (Wildman–Crippen LogP) is 7.33. The highest BCUT2D eigenvalue weighted by Crippen LogP contribution is 2.38. The molecule has 5 aromatic rings. The van der Waals surface area contributed by atoms with E-state index >= 15 is 0 Å². The molecule has 3 aromatic carbocycles. The number of halogens is 3. The molecule has 5 rings (SSSR count). The standard InChI is InChI=1S/C29H23F3N2O3/c1-4-37-28(35)26-22-14-11-20(29(30,31)32)15-25(22)34-24(19-7-5-17(2)6-8-19)16-23(33-27(26)34)18-9-12-21(36-3)13-10-18/h5-16H,4H2,1-3H3. The molecule has 5 nitrogen and oxygen atoms in total. The van der Waals surface area contributed by atoms with Gasteiger partial charge in [-0.05, 0) is 61.9 Å². The maximum Gasteiger partial charge on any atom is 0.416 e. The Morgan fingerprint density at radius 3 is 2.24 bits per heavy atom. The van der Waals surface area contributed by atoms with Crippen LogP contribution in [-0.2, 0) is 10.9 Å². The third-order valence-electron chi connectivity index (χ3n) is 6.22. The Morgan fingerprint density at radius 1 is 0.946 bits per heavy atom. The van der Waals surface area contributed by atoms with Gasteiger partial charge in [-0.15, -0.1) is 0 Å². The number of carbonyl (C=O) groups is 1. The Bertz CT molecular complexity index is 1620. The summed E-state index contributed by atoms with van der Waals surface area (Å²) in [5.74, 6) is 0.0212. The molecule has 0 N–H and O–H groups in total. The molecule has 0 spiro atoms. The number of alkyl halides is 3. The molecular weight excluding hydrogens is 481 g/mol. The average molecular weight is 505 g/mol. The molecule has 0 saturated carbocycles. The maximum absolute atomic E-state index is 13.7. The number of methoxy groups -OCH3 is 1. The molecule has 0 unspecified atom stereocenters. The lowest BCUT2D eigenvalue weighted by atomic mass is 10.1. The number of aryl methyl sites for hydroxylation is 1. The Balaban J connectivity index is 1.92. The SMILES string of the molecule is CCOC(=O)c1c2ccc(C(F)(F)F)cc2n2c(-c3ccc(C)cc3)cc(-c3ccc(OC)cc3)nc12. The van der Waals surface area contributed by atoms with Crippen molar-refractivity contribution in [3.8, 4) is 28.3 Å². The lowest BCUT2D eigenvalue weighted by Crippen LogP contribution is -2.06. The predicted molar refractivity (Wildman–Crippen MR) is 136 cm³/mol. The average Bonchev–Trinajstić information content (AvgIpc) is 3.22. The topological polar surface area (TPSA) is 52.8 Å². The summed E-state index contributed by atoms with van der Waals surface area (Å²) in [5.41, 5.74) is 3.44. The molecule has 0 atom stereocenters. The highest BCUT2D eigenvalue weighted by molar-refractivity contribution is 6.11. The monoisotopic (exact) mass is 504 g/mol. The second-order valence-corrected chi connectivity index (χ2v) is 8.61. The van der Waals surface area contributed by atoms with Gasteiger partial charge in [0.15, 0.2) is 5.65 Å². The van der Waals surface area contributed by atoms with Crippen LogP contribution in [-0.4, -0.2) is 29.1 Å². The molecule has 2 heterocycles. The van der Waals surface area contributed by atoms with Gasteiger partial charge in [0.1, 0.15) is 11.3 Å². The van der Waals surface area contributed by atoms with Crippen molar-refractivity contribution < 1.29 is 27.4 Å². The van der Waals surface area contributed by atoms with Crippen LogP contribution in [0.1, 0.15) is 28.4 Å². The van der Waals surface area contributed by atoms with Crippen molar-refractivity contribution in [1.29, 1.82) is 0 Å². The maximum atomic E-state index is 13.7. The zero-order valence-electron chi connectivity index (χ0n) is 20.4. The van der Waals surface area contributed by atoms with E-state index in [2.05, 4.69) is 0 Å². The van der Waals surface area contributed by atoms with Crippen LogP contribution in [0, 0.1) is 6.92 Å². The molecular formula is C29H23F3N2O3. The van der Waals surface area contributed by atoms with E-state index in [0.717, 1.165) is 28.8 Å². The summed E-state index contributed by atoms with van der Waals surface area (Å²) in [6.45, 7) is 3.74. The van der Waals surface area contributed by atoms with Gasteiger partial charge in [-0.25, -0.2) is 9.78 Å². The van der Waals surface area contributed by atoms with E-state index in [-0.39, 0.29) is 23.3 Å². The van der Waals surface area contributed by atoms with E-state index in [1.807, 2.05) is 49.4 Å². The highest BCUT2D eigenvalue weighted by Gasteiger charge is 2.32. The largest absolute Gasteiger partial charge is 0.497 e. The lowest BCUT2D eigenvalue weighted by Gasteiger charge is -2.13. The zero-order valence-corrected chi connectivity index (χ0v) is 20.4. The minimum Gasteiger partial charge on any atom is -0.497 e. The van der Waals surface area contributed by atoms with E-state index in [4.69, 9.17) is 14.5 Å². The van der Waals surface area contributed by atoms with Crippen LogP contribution < -0.4 is 4.74 Å². The number of nitrogens with zero attached hydrogens (tertiary/aromatic N) is 2. The van der Waals surface area contributed by atoms with Gasteiger partial charge in [0, 0.05) is 10.9 Å². The van der Waals surface area contributed by atoms with E-state index in [0.29, 0.717) is 22.5 Å². The van der Waals surface area contributed by atoms with Crippen molar-refractivity contribution in [2.75, 3.05) is 13.7 Å². The molecule has 0 aliphatic carbocycles. The number of fused-ring (bicyclic) bond motifs is 3. The number of carbonyl (C=O) groups excluding carboxylic acids is 1. The molecule has 0 fully saturated rings. The quantitative estimate of drug-likeness (QED) is 0.235. The van der Waals surface area contributed by atoms with Crippen LogP contribution in [0.5, 0.6) is 5.75 Å². The smallest absolute Gasteiger partial charge is 0.416 e. The second kappa shape index (κ2) is 9.28. The van der Waals surface area contributed by atoms with Crippen LogP contribution >= 0.6 is 0 Å². The van der Waals surface area contributed by atoms with Crippen LogP contribution in [0.3, 0.4) is 0 Å². The minimum absolute atomic E-state index is 0.112. The summed E-state index contributed by atoms with van der Waals surface area (Å²) in [6.07, 6.45) is -4.55. The first-order chi connectivity index (χ1) is 17.7. The fraction of sp³-hybridized carbons (Fsp3) is 0.172. The summed E-state index contributed by atoms with van der Waals surface area (Å²) in [6, 6.07) is 20.1. The summed E-state index contributed by atoms with van der Waals surface area (Å²) < 4.78 is 53.2. The third kappa shape index (κ3) is 4.39. The van der Waals surface area contributed by atoms with Crippen molar-refractivity contribution in [3.63, 3.8) is 0 Å². The fourth-order valence-electron chi connectivity index (χ4n) is 4.39. The van der Waals surface area contributed by atoms with Crippen molar-refractivity contribution in [2.45, 2.75) is 20.0 Å². The van der Waals surface area contributed by atoms with Gasteiger partial charge in [0.25, 0.3) is 0 Å². The molecule has 0 saturated heterocycles. The van der Waals surface area contributed by atoms with Crippen molar-refractivity contribution in [1.82, 2.24) is 9.38 Å². The zero-order chi connectivity index (χ0) is 26.3. The Morgan fingerprint density at radius 2 is 1.62 bits per heavy atom. The van der Waals surface area contributed by atoms with Gasteiger partial charge < -0.3 is 9.47 Å². The minimum atomic E-state index is -4.55. The first-order valence-electron chi connectivity index (χ1n) is 11.7. The molecule has 0 bridgehead atoms. The Kier molecular flexibility index (Phi) is 6.11.